The Morgan fingerprint density at radius 3 is 2.60 bits per heavy atom. The van der Waals surface area contributed by atoms with Crippen molar-refractivity contribution in [1.82, 2.24) is 24.1 Å². The zero-order valence-electron chi connectivity index (χ0n) is 17.4. The molecule has 8 nitrogen and oxygen atoms in total. The molecule has 3 aromatic heterocycles. The predicted octanol–water partition coefficient (Wildman–Crippen LogP) is 2.89. The van der Waals surface area contributed by atoms with Crippen molar-refractivity contribution in [3.8, 4) is 23.0 Å². The fourth-order valence-electron chi connectivity index (χ4n) is 3.52. The molecule has 30 heavy (non-hydrogen) atoms. The average molecular weight is 407 g/mol. The maximum Gasteiger partial charge on any atom is 0.178 e. The largest absolute Gasteiger partial charge is 0.493 e. The van der Waals surface area contributed by atoms with Crippen LogP contribution in [0.15, 0.2) is 42.6 Å². The fraction of sp³-hybridized carbons (Fsp3) is 0.318. The van der Waals surface area contributed by atoms with E-state index in [9.17, 15) is 5.11 Å². The van der Waals surface area contributed by atoms with Gasteiger partial charge in [0.2, 0.25) is 0 Å². The van der Waals surface area contributed by atoms with Gasteiger partial charge >= 0.3 is 0 Å². The highest BCUT2D eigenvalue weighted by Gasteiger charge is 2.19. The van der Waals surface area contributed by atoms with Crippen molar-refractivity contribution in [2.24, 2.45) is 0 Å². The molecule has 0 aliphatic rings. The van der Waals surface area contributed by atoms with Crippen molar-refractivity contribution >= 4 is 5.65 Å². The molecule has 4 aromatic rings. The molecule has 1 N–H and O–H groups in total. The smallest absolute Gasteiger partial charge is 0.178 e. The molecular formula is C22H25N5O3. The molecule has 0 spiro atoms. The van der Waals surface area contributed by atoms with Gasteiger partial charge in [-0.3, -0.25) is 0 Å². The summed E-state index contributed by atoms with van der Waals surface area (Å²) in [5.41, 5.74) is 3.68. The third kappa shape index (κ3) is 3.73. The Balaban J connectivity index is 1.72. The van der Waals surface area contributed by atoms with E-state index < -0.39 is 0 Å². The molecule has 0 aliphatic heterocycles. The molecule has 156 valence electrons. The minimum absolute atomic E-state index is 0.0917. The minimum atomic E-state index is 0.0917. The Kier molecular flexibility index (Phi) is 5.67. The van der Waals surface area contributed by atoms with Crippen LogP contribution in [0, 0.1) is 6.92 Å². The maximum absolute atomic E-state index is 9.30. The Morgan fingerprint density at radius 1 is 1.03 bits per heavy atom. The molecule has 8 heteroatoms. The third-order valence-electron chi connectivity index (χ3n) is 5.03. The predicted molar refractivity (Wildman–Crippen MR) is 113 cm³/mol. The Labute approximate surface area is 174 Å². The van der Waals surface area contributed by atoms with E-state index in [0.29, 0.717) is 42.5 Å². The van der Waals surface area contributed by atoms with E-state index >= 15 is 0 Å². The van der Waals surface area contributed by atoms with Crippen LogP contribution in [0.2, 0.25) is 0 Å². The first kappa shape index (κ1) is 19.9. The molecular weight excluding hydrogens is 382 g/mol. The van der Waals surface area contributed by atoms with E-state index in [1.165, 1.54) is 0 Å². The summed E-state index contributed by atoms with van der Waals surface area (Å²) < 4.78 is 14.6. The first-order valence-corrected chi connectivity index (χ1v) is 9.84. The lowest BCUT2D eigenvalue weighted by Gasteiger charge is -2.08. The number of aryl methyl sites for hydroxylation is 2. The van der Waals surface area contributed by atoms with Crippen LogP contribution < -0.4 is 9.47 Å². The van der Waals surface area contributed by atoms with Gasteiger partial charge in [0.15, 0.2) is 23.1 Å². The van der Waals surface area contributed by atoms with Crippen LogP contribution >= 0.6 is 0 Å². The lowest BCUT2D eigenvalue weighted by Crippen LogP contribution is -2.05. The lowest BCUT2D eigenvalue weighted by molar-refractivity contribution is 0.277. The fourth-order valence-corrected chi connectivity index (χ4v) is 3.52. The number of ether oxygens (including phenoxy) is 2. The number of aromatic nitrogens is 5. The van der Waals surface area contributed by atoms with Gasteiger partial charge in [0.25, 0.3) is 0 Å². The molecule has 0 atom stereocenters. The van der Waals surface area contributed by atoms with Crippen molar-refractivity contribution in [3.63, 3.8) is 0 Å². The number of pyridine rings is 1. The highest BCUT2D eigenvalue weighted by atomic mass is 16.5. The van der Waals surface area contributed by atoms with Crippen LogP contribution in [-0.4, -0.2) is 50.1 Å². The summed E-state index contributed by atoms with van der Waals surface area (Å²) in [6.45, 7) is 2.68. The van der Waals surface area contributed by atoms with Gasteiger partial charge in [-0.05, 0) is 43.2 Å². The SMILES string of the molecule is COc1ccc(Cc2nc(-c3nc4ccccn4c3C)n(CCCO)n2)cc1OC. The summed E-state index contributed by atoms with van der Waals surface area (Å²) in [6, 6.07) is 11.7. The van der Waals surface area contributed by atoms with Crippen LogP contribution in [0.25, 0.3) is 17.2 Å². The number of aliphatic hydroxyl groups is 1. The molecule has 0 radical (unpaired) electrons. The van der Waals surface area contributed by atoms with Gasteiger partial charge < -0.3 is 19.0 Å². The minimum Gasteiger partial charge on any atom is -0.493 e. The summed E-state index contributed by atoms with van der Waals surface area (Å²) >= 11 is 0. The van der Waals surface area contributed by atoms with E-state index in [0.717, 1.165) is 22.6 Å². The van der Waals surface area contributed by atoms with Crippen LogP contribution in [0.1, 0.15) is 23.5 Å². The number of rotatable bonds is 8. The second kappa shape index (κ2) is 8.54. The van der Waals surface area contributed by atoms with Gasteiger partial charge in [0.05, 0.1) is 19.9 Å². The number of methoxy groups -OCH3 is 2. The molecule has 0 saturated carbocycles. The number of hydrogen-bond donors (Lipinski definition) is 1. The second-order valence-electron chi connectivity index (χ2n) is 6.99. The number of fused-ring (bicyclic) bond motifs is 1. The first-order valence-electron chi connectivity index (χ1n) is 9.84. The molecule has 0 saturated heterocycles. The zero-order valence-corrected chi connectivity index (χ0v) is 17.4. The highest BCUT2D eigenvalue weighted by Crippen LogP contribution is 2.29. The second-order valence-corrected chi connectivity index (χ2v) is 6.99. The number of benzene rings is 1. The summed E-state index contributed by atoms with van der Waals surface area (Å²) in [4.78, 5) is 9.57. The number of hydrogen-bond acceptors (Lipinski definition) is 6. The van der Waals surface area contributed by atoms with Crippen LogP contribution in [-0.2, 0) is 13.0 Å². The van der Waals surface area contributed by atoms with E-state index in [1.807, 2.05) is 58.6 Å². The van der Waals surface area contributed by atoms with Crippen LogP contribution in [0.3, 0.4) is 0 Å². The van der Waals surface area contributed by atoms with Crippen molar-refractivity contribution in [1.29, 1.82) is 0 Å². The molecule has 1 aromatic carbocycles. The highest BCUT2D eigenvalue weighted by molar-refractivity contribution is 5.60. The van der Waals surface area contributed by atoms with Crippen molar-refractivity contribution < 1.29 is 14.6 Å². The summed E-state index contributed by atoms with van der Waals surface area (Å²) in [5, 5.41) is 14.0. The first-order chi connectivity index (χ1) is 14.6. The summed E-state index contributed by atoms with van der Waals surface area (Å²) in [5.74, 6) is 2.75. The molecule has 0 bridgehead atoms. The summed E-state index contributed by atoms with van der Waals surface area (Å²) in [7, 11) is 3.24. The molecule has 0 aliphatic carbocycles. The van der Waals surface area contributed by atoms with Gasteiger partial charge in [-0.15, -0.1) is 0 Å². The van der Waals surface area contributed by atoms with Crippen molar-refractivity contribution in [2.45, 2.75) is 26.3 Å². The van der Waals surface area contributed by atoms with Crippen molar-refractivity contribution in [2.75, 3.05) is 20.8 Å². The molecule has 0 amide bonds. The van der Waals surface area contributed by atoms with Gasteiger partial charge in [-0.1, -0.05) is 12.1 Å². The van der Waals surface area contributed by atoms with Gasteiger partial charge in [-0.2, -0.15) is 5.10 Å². The number of nitrogens with zero attached hydrogens (tertiary/aromatic N) is 5. The van der Waals surface area contributed by atoms with Crippen molar-refractivity contribution in [3.05, 3.63) is 59.7 Å². The zero-order chi connectivity index (χ0) is 21.1. The van der Waals surface area contributed by atoms with E-state index in [4.69, 9.17) is 24.5 Å². The van der Waals surface area contributed by atoms with E-state index in [2.05, 4.69) is 0 Å². The normalized spacial score (nSPS) is 11.2. The monoisotopic (exact) mass is 407 g/mol. The standard InChI is InChI=1S/C22H25N5O3/c1-15-21(24-20-7-4-5-10-26(15)20)22-23-19(25-27(22)11-6-12-28)14-16-8-9-17(29-2)18(13-16)30-3/h4-5,7-10,13,28H,6,11-12,14H2,1-3H3. The summed E-state index contributed by atoms with van der Waals surface area (Å²) in [6.07, 6.45) is 3.13. The van der Waals surface area contributed by atoms with Gasteiger partial charge in [0.1, 0.15) is 11.3 Å². The van der Waals surface area contributed by atoms with Crippen LogP contribution in [0.4, 0.5) is 0 Å². The quantitative estimate of drug-likeness (QED) is 0.483. The Bertz CT molecular complexity index is 1170. The van der Waals surface area contributed by atoms with Gasteiger partial charge in [-0.25, -0.2) is 14.6 Å². The molecule has 0 fully saturated rings. The Hall–Kier alpha value is -3.39. The van der Waals surface area contributed by atoms with E-state index in [-0.39, 0.29) is 6.61 Å². The topological polar surface area (TPSA) is 86.7 Å². The lowest BCUT2D eigenvalue weighted by atomic mass is 10.1. The van der Waals surface area contributed by atoms with Gasteiger partial charge in [0, 0.05) is 25.8 Å². The molecule has 4 rings (SSSR count). The third-order valence-corrected chi connectivity index (χ3v) is 5.03. The number of imidazole rings is 1. The van der Waals surface area contributed by atoms with E-state index in [1.54, 1.807) is 14.2 Å². The average Bonchev–Trinajstić information content (AvgIpc) is 3.32. The van der Waals surface area contributed by atoms with Crippen LogP contribution in [0.5, 0.6) is 11.5 Å². The molecule has 3 heterocycles. The molecule has 0 unspecified atom stereocenters. The number of aliphatic hydroxyl groups excluding tert-OH is 1. The maximum atomic E-state index is 9.30. The Morgan fingerprint density at radius 2 is 1.87 bits per heavy atom.